The fraction of sp³-hybridized carbons (Fsp3) is 0.474. The molecule has 0 amide bonds. The topological polar surface area (TPSA) is 61.8 Å². The van der Waals surface area contributed by atoms with Crippen LogP contribution < -0.4 is 20.3 Å². The highest BCUT2D eigenvalue weighted by Gasteiger charge is 2.07. The van der Waals surface area contributed by atoms with E-state index in [-0.39, 0.29) is 24.0 Å². The van der Waals surface area contributed by atoms with E-state index in [2.05, 4.69) is 45.0 Å². The van der Waals surface area contributed by atoms with Crippen molar-refractivity contribution in [3.63, 3.8) is 0 Å². The van der Waals surface area contributed by atoms with Gasteiger partial charge in [0.1, 0.15) is 5.75 Å². The first-order valence-corrected chi connectivity index (χ1v) is 9.61. The fourth-order valence-electron chi connectivity index (χ4n) is 2.48. The number of anilines is 1. The highest BCUT2D eigenvalue weighted by atomic mass is 127. The van der Waals surface area contributed by atoms with Gasteiger partial charge >= 0.3 is 0 Å². The van der Waals surface area contributed by atoms with Crippen molar-refractivity contribution < 1.29 is 4.74 Å². The summed E-state index contributed by atoms with van der Waals surface area (Å²) in [6.07, 6.45) is 1.02. The van der Waals surface area contributed by atoms with Crippen LogP contribution in [0.5, 0.6) is 5.75 Å². The summed E-state index contributed by atoms with van der Waals surface area (Å²) in [5.41, 5.74) is 2.34. The molecule has 0 saturated carbocycles. The quantitative estimate of drug-likeness (QED) is 0.327. The molecule has 1 atom stereocenters. The Hall–Kier alpha value is -1.55. The molecule has 150 valence electrons. The third-order valence-corrected chi connectivity index (χ3v) is 5.19. The lowest BCUT2D eigenvalue weighted by Gasteiger charge is -2.15. The smallest absolute Gasteiger partial charge is 0.191 e. The second-order valence-electron chi connectivity index (χ2n) is 6.33. The Morgan fingerprint density at radius 1 is 1.26 bits per heavy atom. The second-order valence-corrected chi connectivity index (χ2v) is 7.17. The van der Waals surface area contributed by atoms with E-state index in [0.29, 0.717) is 12.5 Å². The average molecular weight is 503 g/mol. The Balaban J connectivity index is 0.00000364. The molecule has 0 aliphatic rings. The number of hydrogen-bond donors (Lipinski definition) is 2. The van der Waals surface area contributed by atoms with Crippen LogP contribution in [0.2, 0.25) is 0 Å². The molecular formula is C19H30IN5OS. The van der Waals surface area contributed by atoms with E-state index in [1.54, 1.807) is 25.5 Å². The number of benzene rings is 1. The third kappa shape index (κ3) is 7.53. The van der Waals surface area contributed by atoms with Crippen molar-refractivity contribution in [2.24, 2.45) is 4.99 Å². The molecule has 1 heterocycles. The predicted molar refractivity (Wildman–Crippen MR) is 126 cm³/mol. The number of guanidine groups is 1. The first-order chi connectivity index (χ1) is 12.5. The van der Waals surface area contributed by atoms with E-state index < -0.39 is 0 Å². The molecular weight excluding hydrogens is 473 g/mol. The van der Waals surface area contributed by atoms with Gasteiger partial charge in [-0.3, -0.25) is 4.99 Å². The highest BCUT2D eigenvalue weighted by molar-refractivity contribution is 14.0. The lowest BCUT2D eigenvalue weighted by molar-refractivity contribution is 0.414. The zero-order chi connectivity index (χ0) is 18.9. The standard InChI is InChI=1S/C19H29N5OS.HI/c1-14(15-6-8-17(25-5)9-7-15)10-11-21-18(20-2)22-12-16-13-26-19(23-16)24(3)4;/h6-9,13-14H,10-12H2,1-5H3,(H2,20,21,22);1H. The van der Waals surface area contributed by atoms with Gasteiger partial charge in [0.05, 0.1) is 19.3 Å². The van der Waals surface area contributed by atoms with Crippen molar-refractivity contribution in [1.82, 2.24) is 15.6 Å². The molecule has 0 radical (unpaired) electrons. The molecule has 1 aromatic heterocycles. The van der Waals surface area contributed by atoms with Crippen LogP contribution in [0.15, 0.2) is 34.6 Å². The zero-order valence-electron chi connectivity index (χ0n) is 16.7. The largest absolute Gasteiger partial charge is 0.497 e. The number of aromatic nitrogens is 1. The lowest BCUT2D eigenvalue weighted by Crippen LogP contribution is -2.37. The SMILES string of the molecule is CN=C(NCCC(C)c1ccc(OC)cc1)NCc1csc(N(C)C)n1.I. The van der Waals surface area contributed by atoms with Crippen LogP contribution >= 0.6 is 35.3 Å². The Morgan fingerprint density at radius 3 is 2.52 bits per heavy atom. The molecule has 0 aliphatic heterocycles. The Labute approximate surface area is 183 Å². The summed E-state index contributed by atoms with van der Waals surface area (Å²) in [4.78, 5) is 10.9. The maximum absolute atomic E-state index is 5.21. The van der Waals surface area contributed by atoms with Crippen molar-refractivity contribution in [2.45, 2.75) is 25.8 Å². The Morgan fingerprint density at radius 2 is 1.96 bits per heavy atom. The summed E-state index contributed by atoms with van der Waals surface area (Å²) in [5.74, 6) is 2.15. The molecule has 2 aromatic rings. The monoisotopic (exact) mass is 503 g/mol. The molecule has 0 spiro atoms. The molecule has 0 bridgehead atoms. The number of ether oxygens (including phenoxy) is 1. The van der Waals surface area contributed by atoms with E-state index >= 15 is 0 Å². The van der Waals surface area contributed by atoms with Gasteiger partial charge in [0.2, 0.25) is 0 Å². The number of rotatable bonds is 8. The number of nitrogens with zero attached hydrogens (tertiary/aromatic N) is 3. The molecule has 8 heteroatoms. The first kappa shape index (κ1) is 23.5. The van der Waals surface area contributed by atoms with E-state index in [1.165, 1.54) is 5.56 Å². The number of hydrogen-bond acceptors (Lipinski definition) is 5. The van der Waals surface area contributed by atoms with Gasteiger partial charge in [-0.2, -0.15) is 0 Å². The normalized spacial score (nSPS) is 12.1. The number of aliphatic imine (C=N–C) groups is 1. The van der Waals surface area contributed by atoms with Crippen molar-refractivity contribution >= 4 is 46.4 Å². The summed E-state index contributed by atoms with van der Waals surface area (Å²) < 4.78 is 5.21. The molecule has 0 fully saturated rings. The van der Waals surface area contributed by atoms with Gasteiger partial charge in [0.15, 0.2) is 11.1 Å². The van der Waals surface area contributed by atoms with Crippen molar-refractivity contribution in [3.05, 3.63) is 40.9 Å². The van der Waals surface area contributed by atoms with Gasteiger partial charge in [-0.05, 0) is 30.0 Å². The molecule has 1 aromatic carbocycles. The third-order valence-electron chi connectivity index (χ3n) is 4.14. The van der Waals surface area contributed by atoms with Gasteiger partial charge in [0.25, 0.3) is 0 Å². The molecule has 0 saturated heterocycles. The summed E-state index contributed by atoms with van der Waals surface area (Å²) in [6, 6.07) is 8.27. The Bertz CT molecular complexity index is 702. The maximum atomic E-state index is 5.21. The first-order valence-electron chi connectivity index (χ1n) is 8.73. The van der Waals surface area contributed by atoms with Gasteiger partial charge in [0, 0.05) is 33.1 Å². The van der Waals surface area contributed by atoms with Crippen LogP contribution in [0.25, 0.3) is 0 Å². The number of halogens is 1. The lowest BCUT2D eigenvalue weighted by atomic mass is 9.98. The van der Waals surface area contributed by atoms with Crippen molar-refractivity contribution in [3.8, 4) is 5.75 Å². The maximum Gasteiger partial charge on any atom is 0.191 e. The molecule has 1 unspecified atom stereocenters. The van der Waals surface area contributed by atoms with E-state index in [1.807, 2.05) is 31.1 Å². The second kappa shape index (κ2) is 12.0. The summed E-state index contributed by atoms with van der Waals surface area (Å²) in [5, 5.41) is 9.77. The van der Waals surface area contributed by atoms with Crippen molar-refractivity contribution in [1.29, 1.82) is 0 Å². The van der Waals surface area contributed by atoms with Crippen LogP contribution in [-0.2, 0) is 6.54 Å². The zero-order valence-corrected chi connectivity index (χ0v) is 19.8. The van der Waals surface area contributed by atoms with E-state index in [4.69, 9.17) is 4.74 Å². The molecule has 0 aliphatic carbocycles. The van der Waals surface area contributed by atoms with Gasteiger partial charge in [-0.1, -0.05) is 19.1 Å². The summed E-state index contributed by atoms with van der Waals surface area (Å²) in [7, 11) is 7.48. The highest BCUT2D eigenvalue weighted by Crippen LogP contribution is 2.21. The van der Waals surface area contributed by atoms with Crippen LogP contribution in [0.1, 0.15) is 30.5 Å². The minimum Gasteiger partial charge on any atom is -0.497 e. The predicted octanol–water partition coefficient (Wildman–Crippen LogP) is 3.69. The van der Waals surface area contributed by atoms with Crippen LogP contribution in [0.4, 0.5) is 5.13 Å². The van der Waals surface area contributed by atoms with Crippen molar-refractivity contribution in [2.75, 3.05) is 39.7 Å². The average Bonchev–Trinajstić information content (AvgIpc) is 3.13. The summed E-state index contributed by atoms with van der Waals surface area (Å²) >= 11 is 1.64. The van der Waals surface area contributed by atoms with E-state index in [0.717, 1.165) is 35.5 Å². The molecule has 2 N–H and O–H groups in total. The summed E-state index contributed by atoms with van der Waals surface area (Å²) in [6.45, 7) is 3.75. The molecule has 27 heavy (non-hydrogen) atoms. The molecule has 6 nitrogen and oxygen atoms in total. The Kier molecular flexibility index (Phi) is 10.5. The van der Waals surface area contributed by atoms with Gasteiger partial charge in [-0.25, -0.2) is 4.98 Å². The minimum absolute atomic E-state index is 0. The van der Waals surface area contributed by atoms with Gasteiger partial charge < -0.3 is 20.3 Å². The minimum atomic E-state index is 0. The van der Waals surface area contributed by atoms with Crippen LogP contribution in [0.3, 0.4) is 0 Å². The van der Waals surface area contributed by atoms with Crippen LogP contribution in [0, 0.1) is 0 Å². The van der Waals surface area contributed by atoms with Gasteiger partial charge in [-0.15, -0.1) is 35.3 Å². The van der Waals surface area contributed by atoms with Crippen LogP contribution in [-0.4, -0.2) is 45.7 Å². The number of methoxy groups -OCH3 is 1. The van der Waals surface area contributed by atoms with E-state index in [9.17, 15) is 0 Å². The number of thiazole rings is 1. The molecule has 2 rings (SSSR count). The number of nitrogens with one attached hydrogen (secondary N) is 2. The fourth-order valence-corrected chi connectivity index (χ4v) is 3.24.